The maximum absolute atomic E-state index is 12.2. The molecule has 0 aromatic heterocycles. The summed E-state index contributed by atoms with van der Waals surface area (Å²) < 4.78 is 11.2. The van der Waals surface area contributed by atoms with E-state index in [-0.39, 0.29) is 18.2 Å². The van der Waals surface area contributed by atoms with Crippen LogP contribution in [0.4, 0.5) is 10.5 Å². The Bertz CT molecular complexity index is 556. The minimum absolute atomic E-state index is 0.0131. The molecule has 6 nitrogen and oxygen atoms in total. The highest BCUT2D eigenvalue weighted by Crippen LogP contribution is 2.27. The number of nitrogens with one attached hydrogen (secondary N) is 2. The first-order valence-corrected chi connectivity index (χ1v) is 8.71. The van der Waals surface area contributed by atoms with E-state index < -0.39 is 0 Å². The number of carbonyl (C=O) groups excluding carboxylic acids is 1. The van der Waals surface area contributed by atoms with Gasteiger partial charge in [-0.1, -0.05) is 18.5 Å². The summed E-state index contributed by atoms with van der Waals surface area (Å²) >= 11 is 6.18. The molecule has 0 bridgehead atoms. The second-order valence-corrected chi connectivity index (χ2v) is 6.32. The summed E-state index contributed by atoms with van der Waals surface area (Å²) in [6, 6.07) is 4.93. The molecule has 1 aliphatic heterocycles. The van der Waals surface area contributed by atoms with Crippen molar-refractivity contribution in [1.82, 2.24) is 10.2 Å². The standard InChI is InChI=1S/C17H26ClN3O3/c1-4-8-24-15-7-6-12(9-13(15)18)19-17(22)20-14-10-21(3)11-16(14)23-5-2/h6-7,9,14,16H,4-5,8,10-11H2,1-3H3,(H2,19,20,22). The van der Waals surface area contributed by atoms with Gasteiger partial charge in [0.15, 0.2) is 0 Å². The van der Waals surface area contributed by atoms with Crippen LogP contribution in [-0.4, -0.2) is 56.4 Å². The van der Waals surface area contributed by atoms with Gasteiger partial charge in [0.05, 0.1) is 23.8 Å². The summed E-state index contributed by atoms with van der Waals surface area (Å²) in [6.07, 6.45) is 0.925. The molecule has 7 heteroatoms. The fraction of sp³-hybridized carbons (Fsp3) is 0.588. The van der Waals surface area contributed by atoms with Gasteiger partial charge in [-0.25, -0.2) is 4.79 Å². The van der Waals surface area contributed by atoms with Crippen LogP contribution in [0.2, 0.25) is 5.02 Å². The maximum Gasteiger partial charge on any atom is 0.319 e. The van der Waals surface area contributed by atoms with Crippen LogP contribution in [0.25, 0.3) is 0 Å². The van der Waals surface area contributed by atoms with Gasteiger partial charge in [0.25, 0.3) is 0 Å². The largest absolute Gasteiger partial charge is 0.492 e. The molecule has 0 saturated carbocycles. The van der Waals surface area contributed by atoms with Crippen LogP contribution < -0.4 is 15.4 Å². The van der Waals surface area contributed by atoms with Gasteiger partial charge in [0, 0.05) is 25.4 Å². The minimum atomic E-state index is -0.265. The Labute approximate surface area is 148 Å². The van der Waals surface area contributed by atoms with E-state index in [1.807, 2.05) is 20.9 Å². The molecule has 2 unspecified atom stereocenters. The van der Waals surface area contributed by atoms with Crippen LogP contribution in [0.1, 0.15) is 20.3 Å². The first kappa shape index (κ1) is 18.8. The third-order valence-corrected chi connectivity index (χ3v) is 4.09. The number of amides is 2. The highest BCUT2D eigenvalue weighted by atomic mass is 35.5. The molecule has 1 aromatic rings. The topological polar surface area (TPSA) is 62.8 Å². The predicted octanol–water partition coefficient (Wildman–Crippen LogP) is 2.97. The predicted molar refractivity (Wildman–Crippen MR) is 96.1 cm³/mol. The van der Waals surface area contributed by atoms with Gasteiger partial charge >= 0.3 is 6.03 Å². The first-order chi connectivity index (χ1) is 11.5. The number of likely N-dealkylation sites (tertiary alicyclic amines) is 1. The maximum atomic E-state index is 12.2. The lowest BCUT2D eigenvalue weighted by atomic mass is 10.2. The Morgan fingerprint density at radius 3 is 2.83 bits per heavy atom. The van der Waals surface area contributed by atoms with Crippen molar-refractivity contribution < 1.29 is 14.3 Å². The number of anilines is 1. The molecule has 1 aliphatic rings. The summed E-state index contributed by atoms with van der Waals surface area (Å²) in [5.74, 6) is 0.623. The molecule has 2 amide bonds. The summed E-state index contributed by atoms with van der Waals surface area (Å²) in [7, 11) is 2.01. The number of carbonyl (C=O) groups is 1. The zero-order valence-corrected chi connectivity index (χ0v) is 15.2. The monoisotopic (exact) mass is 355 g/mol. The summed E-state index contributed by atoms with van der Waals surface area (Å²) in [5, 5.41) is 6.26. The SMILES string of the molecule is CCCOc1ccc(NC(=O)NC2CN(C)CC2OCC)cc1Cl. The molecule has 1 heterocycles. The number of urea groups is 1. The lowest BCUT2D eigenvalue weighted by Gasteiger charge is -2.20. The van der Waals surface area contributed by atoms with E-state index in [4.69, 9.17) is 21.1 Å². The van der Waals surface area contributed by atoms with Crippen molar-refractivity contribution in [2.45, 2.75) is 32.4 Å². The van der Waals surface area contributed by atoms with Gasteiger partial charge in [-0.15, -0.1) is 0 Å². The Kier molecular flexibility index (Phi) is 7.15. The van der Waals surface area contributed by atoms with Gasteiger partial charge in [0.1, 0.15) is 5.75 Å². The molecular weight excluding hydrogens is 330 g/mol. The highest BCUT2D eigenvalue weighted by Gasteiger charge is 2.32. The van der Waals surface area contributed by atoms with E-state index in [2.05, 4.69) is 15.5 Å². The summed E-state index contributed by atoms with van der Waals surface area (Å²) in [4.78, 5) is 14.4. The summed E-state index contributed by atoms with van der Waals surface area (Å²) in [5.41, 5.74) is 0.626. The number of nitrogens with zero attached hydrogens (tertiary/aromatic N) is 1. The molecule has 2 atom stereocenters. The third-order valence-electron chi connectivity index (χ3n) is 3.80. The van der Waals surface area contributed by atoms with Gasteiger partial charge in [-0.2, -0.15) is 0 Å². The second-order valence-electron chi connectivity index (χ2n) is 5.91. The van der Waals surface area contributed by atoms with E-state index in [1.54, 1.807) is 18.2 Å². The number of ether oxygens (including phenoxy) is 2. The van der Waals surface area contributed by atoms with Crippen LogP contribution in [0.3, 0.4) is 0 Å². The Hall–Kier alpha value is -1.50. The van der Waals surface area contributed by atoms with Crippen molar-refractivity contribution in [3.8, 4) is 5.75 Å². The molecule has 2 N–H and O–H groups in total. The van der Waals surface area contributed by atoms with Gasteiger partial charge < -0.3 is 25.0 Å². The third kappa shape index (κ3) is 5.26. The first-order valence-electron chi connectivity index (χ1n) is 8.33. The van der Waals surface area contributed by atoms with Crippen LogP contribution in [0, 0.1) is 0 Å². The number of likely N-dealkylation sites (N-methyl/N-ethyl adjacent to an activating group) is 1. The van der Waals surface area contributed by atoms with E-state index in [1.165, 1.54) is 0 Å². The van der Waals surface area contributed by atoms with Crippen molar-refractivity contribution in [2.24, 2.45) is 0 Å². The molecule has 1 fully saturated rings. The van der Waals surface area contributed by atoms with Crippen LogP contribution in [-0.2, 0) is 4.74 Å². The molecule has 0 aliphatic carbocycles. The normalized spacial score (nSPS) is 20.8. The summed E-state index contributed by atoms with van der Waals surface area (Å²) in [6.45, 7) is 6.81. The van der Waals surface area contributed by atoms with Gasteiger partial charge in [-0.3, -0.25) is 0 Å². The highest BCUT2D eigenvalue weighted by molar-refractivity contribution is 6.32. The molecule has 134 valence electrons. The quantitative estimate of drug-likeness (QED) is 0.789. The Morgan fingerprint density at radius 1 is 1.38 bits per heavy atom. The average molecular weight is 356 g/mol. The van der Waals surface area contributed by atoms with Crippen LogP contribution in [0.15, 0.2) is 18.2 Å². The minimum Gasteiger partial charge on any atom is -0.492 e. The number of halogens is 1. The molecule has 2 rings (SSSR count). The number of benzene rings is 1. The lowest BCUT2D eigenvalue weighted by molar-refractivity contribution is 0.0568. The Balaban J connectivity index is 1.91. The molecular formula is C17H26ClN3O3. The van der Waals surface area contributed by atoms with Crippen molar-refractivity contribution in [1.29, 1.82) is 0 Å². The fourth-order valence-electron chi connectivity index (χ4n) is 2.73. The van der Waals surface area contributed by atoms with Crippen LogP contribution >= 0.6 is 11.6 Å². The number of hydrogen-bond acceptors (Lipinski definition) is 4. The van der Waals surface area contributed by atoms with Crippen LogP contribution in [0.5, 0.6) is 5.75 Å². The van der Waals surface area contributed by atoms with Gasteiger partial charge in [0.2, 0.25) is 0 Å². The molecule has 24 heavy (non-hydrogen) atoms. The van der Waals surface area contributed by atoms with E-state index in [0.717, 1.165) is 19.5 Å². The number of hydrogen-bond donors (Lipinski definition) is 2. The zero-order valence-electron chi connectivity index (χ0n) is 14.5. The average Bonchev–Trinajstić information content (AvgIpc) is 2.86. The van der Waals surface area contributed by atoms with Crippen molar-refractivity contribution in [3.05, 3.63) is 23.2 Å². The zero-order chi connectivity index (χ0) is 17.5. The van der Waals surface area contributed by atoms with E-state index in [9.17, 15) is 4.79 Å². The molecule has 0 spiro atoms. The van der Waals surface area contributed by atoms with Crippen molar-refractivity contribution in [3.63, 3.8) is 0 Å². The molecule has 1 saturated heterocycles. The van der Waals surface area contributed by atoms with E-state index >= 15 is 0 Å². The van der Waals surface area contributed by atoms with Crippen molar-refractivity contribution >= 4 is 23.3 Å². The van der Waals surface area contributed by atoms with Crippen molar-refractivity contribution in [2.75, 3.05) is 38.7 Å². The fourth-order valence-corrected chi connectivity index (χ4v) is 2.96. The molecule has 0 radical (unpaired) electrons. The smallest absolute Gasteiger partial charge is 0.319 e. The molecule has 1 aromatic carbocycles. The second kappa shape index (κ2) is 9.11. The van der Waals surface area contributed by atoms with E-state index in [0.29, 0.717) is 29.7 Å². The van der Waals surface area contributed by atoms with Gasteiger partial charge in [-0.05, 0) is 38.6 Å². The lowest BCUT2D eigenvalue weighted by Crippen LogP contribution is -2.45. The Morgan fingerprint density at radius 2 is 2.17 bits per heavy atom. The number of rotatable bonds is 7.